The molecule has 0 bridgehead atoms. The van der Waals surface area contributed by atoms with Gasteiger partial charge < -0.3 is 20.1 Å². The Bertz CT molecular complexity index is 321. The van der Waals surface area contributed by atoms with Crippen molar-refractivity contribution in [3.8, 4) is 0 Å². The van der Waals surface area contributed by atoms with Crippen LogP contribution in [0, 0.1) is 11.8 Å². The second-order valence-corrected chi connectivity index (χ2v) is 6.71. The maximum absolute atomic E-state index is 11.9. The van der Waals surface area contributed by atoms with Crippen LogP contribution in [0.5, 0.6) is 0 Å². The molecule has 2 fully saturated rings. The molecule has 2 rings (SSSR count). The van der Waals surface area contributed by atoms with Gasteiger partial charge in [-0.1, -0.05) is 0 Å². The molecule has 1 amide bonds. The molecule has 20 heavy (non-hydrogen) atoms. The number of carbonyl (C=O) groups excluding carboxylic acids is 1. The van der Waals surface area contributed by atoms with Crippen LogP contribution in [0.1, 0.15) is 33.6 Å². The molecule has 2 N–H and O–H groups in total. The van der Waals surface area contributed by atoms with Gasteiger partial charge in [0.2, 0.25) is 0 Å². The molecule has 6 heteroatoms. The molecule has 1 unspecified atom stereocenters. The Morgan fingerprint density at radius 1 is 1.25 bits per heavy atom. The number of aliphatic hydroxyl groups excluding tert-OH is 1. The molecule has 2 heterocycles. The van der Waals surface area contributed by atoms with Gasteiger partial charge in [0, 0.05) is 32.1 Å². The molecule has 0 aliphatic carbocycles. The van der Waals surface area contributed by atoms with E-state index in [1.807, 2.05) is 20.8 Å². The molecule has 0 spiro atoms. The van der Waals surface area contributed by atoms with Gasteiger partial charge in [-0.2, -0.15) is 0 Å². The lowest BCUT2D eigenvalue weighted by Crippen LogP contribution is -2.52. The summed E-state index contributed by atoms with van der Waals surface area (Å²) in [4.78, 5) is 13.7. The third kappa shape index (κ3) is 4.50. The van der Waals surface area contributed by atoms with Crippen LogP contribution in [0.2, 0.25) is 0 Å². The molecule has 2 saturated heterocycles. The predicted molar refractivity (Wildman–Crippen MR) is 80.1 cm³/mol. The van der Waals surface area contributed by atoms with Gasteiger partial charge in [-0.25, -0.2) is 4.79 Å². The third-order valence-electron chi connectivity index (χ3n) is 3.97. The second kappa shape index (κ2) is 6.96. The van der Waals surface area contributed by atoms with E-state index in [4.69, 9.17) is 4.74 Å². The zero-order chi connectivity index (χ0) is 14.0. The largest absolute Gasteiger partial charge is 0.444 e. The normalized spacial score (nSPS) is 22.7. The third-order valence-corrected chi connectivity index (χ3v) is 3.97. The summed E-state index contributed by atoms with van der Waals surface area (Å²) in [6.07, 6.45) is 1.29. The SMILES string of the molecule is CC(C)(C)OC(=O)N1CCC(C(O)C2CNC2)CC1.Cl. The zero-order valence-electron chi connectivity index (χ0n) is 12.6. The van der Waals surface area contributed by atoms with E-state index < -0.39 is 5.60 Å². The molecule has 118 valence electrons. The first-order valence-electron chi connectivity index (χ1n) is 7.23. The lowest BCUT2D eigenvalue weighted by molar-refractivity contribution is -0.0128. The highest BCUT2D eigenvalue weighted by atomic mass is 35.5. The molecule has 2 aliphatic heterocycles. The van der Waals surface area contributed by atoms with Crippen LogP contribution in [-0.2, 0) is 4.74 Å². The zero-order valence-corrected chi connectivity index (χ0v) is 13.4. The Labute approximate surface area is 127 Å². The summed E-state index contributed by atoms with van der Waals surface area (Å²) in [6, 6.07) is 0. The average molecular weight is 307 g/mol. The topological polar surface area (TPSA) is 61.8 Å². The van der Waals surface area contributed by atoms with E-state index in [0.717, 1.165) is 25.9 Å². The summed E-state index contributed by atoms with van der Waals surface area (Å²) in [5, 5.41) is 13.4. The molecule has 0 aromatic carbocycles. The average Bonchev–Trinajstić information content (AvgIpc) is 2.24. The van der Waals surface area contributed by atoms with Gasteiger partial charge in [-0.05, 0) is 39.5 Å². The molecule has 5 nitrogen and oxygen atoms in total. The Balaban J connectivity index is 0.00000200. The minimum atomic E-state index is -0.439. The molecule has 2 aliphatic rings. The number of piperidine rings is 1. The number of rotatable bonds is 2. The van der Waals surface area contributed by atoms with E-state index in [0.29, 0.717) is 24.9 Å². The first kappa shape index (κ1) is 17.5. The molecule has 0 aromatic rings. The van der Waals surface area contributed by atoms with Crippen molar-refractivity contribution in [3.05, 3.63) is 0 Å². The smallest absolute Gasteiger partial charge is 0.410 e. The molecule has 0 radical (unpaired) electrons. The molecular formula is C14H27ClN2O3. The number of aliphatic hydroxyl groups is 1. The Hall–Kier alpha value is -0.520. The number of hydrogen-bond donors (Lipinski definition) is 2. The Kier molecular flexibility index (Phi) is 6.10. The number of ether oxygens (including phenoxy) is 1. The van der Waals surface area contributed by atoms with Crippen molar-refractivity contribution in [3.63, 3.8) is 0 Å². The van der Waals surface area contributed by atoms with Gasteiger partial charge in [0.1, 0.15) is 5.60 Å². The van der Waals surface area contributed by atoms with Gasteiger partial charge in [-0.3, -0.25) is 0 Å². The predicted octanol–water partition coefficient (Wildman–Crippen LogP) is 1.64. The van der Waals surface area contributed by atoms with E-state index in [1.165, 1.54) is 0 Å². The standard InChI is InChI=1S/C14H26N2O3.ClH/c1-14(2,3)19-13(18)16-6-4-10(5-7-16)12(17)11-8-15-9-11;/h10-12,15,17H,4-9H2,1-3H3;1H. The van der Waals surface area contributed by atoms with Crippen molar-refractivity contribution >= 4 is 18.5 Å². The summed E-state index contributed by atoms with van der Waals surface area (Å²) < 4.78 is 5.37. The van der Waals surface area contributed by atoms with Crippen LogP contribution in [0.15, 0.2) is 0 Å². The minimum Gasteiger partial charge on any atom is -0.444 e. The van der Waals surface area contributed by atoms with Crippen LogP contribution < -0.4 is 5.32 Å². The summed E-state index contributed by atoms with van der Waals surface area (Å²) in [5.41, 5.74) is -0.439. The number of nitrogens with zero attached hydrogens (tertiary/aromatic N) is 1. The van der Waals surface area contributed by atoms with Crippen molar-refractivity contribution in [2.24, 2.45) is 11.8 Å². The van der Waals surface area contributed by atoms with E-state index in [2.05, 4.69) is 5.32 Å². The van der Waals surface area contributed by atoms with Gasteiger partial charge >= 0.3 is 6.09 Å². The summed E-state index contributed by atoms with van der Waals surface area (Å²) >= 11 is 0. The van der Waals surface area contributed by atoms with E-state index in [1.54, 1.807) is 4.90 Å². The summed E-state index contributed by atoms with van der Waals surface area (Å²) in [6.45, 7) is 8.87. The number of carbonyl (C=O) groups is 1. The Morgan fingerprint density at radius 2 is 1.80 bits per heavy atom. The van der Waals surface area contributed by atoms with Crippen molar-refractivity contribution < 1.29 is 14.6 Å². The van der Waals surface area contributed by atoms with E-state index >= 15 is 0 Å². The highest BCUT2D eigenvalue weighted by molar-refractivity contribution is 5.85. The van der Waals surface area contributed by atoms with Crippen LogP contribution in [0.4, 0.5) is 4.79 Å². The molecule has 0 saturated carbocycles. The van der Waals surface area contributed by atoms with Crippen LogP contribution in [0.25, 0.3) is 0 Å². The summed E-state index contributed by atoms with van der Waals surface area (Å²) in [5.74, 6) is 0.726. The lowest BCUT2D eigenvalue weighted by Gasteiger charge is -2.40. The molecule has 0 aromatic heterocycles. The quantitative estimate of drug-likeness (QED) is 0.814. The van der Waals surface area contributed by atoms with Crippen molar-refractivity contribution in [2.75, 3.05) is 26.2 Å². The lowest BCUT2D eigenvalue weighted by atomic mass is 9.82. The second-order valence-electron chi connectivity index (χ2n) is 6.71. The maximum atomic E-state index is 11.9. The number of nitrogens with one attached hydrogen (secondary N) is 1. The number of likely N-dealkylation sites (tertiary alicyclic amines) is 1. The highest BCUT2D eigenvalue weighted by Crippen LogP contribution is 2.27. The minimum absolute atomic E-state index is 0. The number of halogens is 1. The van der Waals surface area contributed by atoms with Crippen molar-refractivity contribution in [1.82, 2.24) is 10.2 Å². The fourth-order valence-electron chi connectivity index (χ4n) is 2.69. The first-order valence-corrected chi connectivity index (χ1v) is 7.23. The van der Waals surface area contributed by atoms with Crippen LogP contribution in [-0.4, -0.2) is 54.0 Å². The van der Waals surface area contributed by atoms with Gasteiger partial charge in [0.05, 0.1) is 6.10 Å². The maximum Gasteiger partial charge on any atom is 0.410 e. The van der Waals surface area contributed by atoms with Gasteiger partial charge in [-0.15, -0.1) is 12.4 Å². The molecule has 1 atom stereocenters. The van der Waals surface area contributed by atoms with Gasteiger partial charge in [0.15, 0.2) is 0 Å². The van der Waals surface area contributed by atoms with Crippen LogP contribution >= 0.6 is 12.4 Å². The number of amides is 1. The Morgan fingerprint density at radius 3 is 2.20 bits per heavy atom. The van der Waals surface area contributed by atoms with Crippen LogP contribution in [0.3, 0.4) is 0 Å². The summed E-state index contributed by atoms with van der Waals surface area (Å²) in [7, 11) is 0. The van der Waals surface area contributed by atoms with E-state index in [9.17, 15) is 9.90 Å². The van der Waals surface area contributed by atoms with Gasteiger partial charge in [0.25, 0.3) is 0 Å². The van der Waals surface area contributed by atoms with Crippen molar-refractivity contribution in [1.29, 1.82) is 0 Å². The van der Waals surface area contributed by atoms with E-state index in [-0.39, 0.29) is 24.6 Å². The highest BCUT2D eigenvalue weighted by Gasteiger charge is 2.35. The monoisotopic (exact) mass is 306 g/mol. The van der Waals surface area contributed by atoms with Crippen molar-refractivity contribution in [2.45, 2.75) is 45.3 Å². The molecular weight excluding hydrogens is 280 g/mol. The first-order chi connectivity index (χ1) is 8.87. The fourth-order valence-corrected chi connectivity index (χ4v) is 2.69. The number of hydrogen-bond acceptors (Lipinski definition) is 4. The fraction of sp³-hybridized carbons (Fsp3) is 0.929.